The fraction of sp³-hybridized carbons (Fsp3) is 0.300. The maximum absolute atomic E-state index is 6.30. The Morgan fingerprint density at radius 3 is 2.88 bits per heavy atom. The zero-order chi connectivity index (χ0) is 22.1. The standard InChI is InChI=1S/C20H20ClN9O2/c1-11-8-17(28-27-11)25-16-10-15(21)24-20(26-16)30-7-3-4-13(30)14-9-12(29-32-14)18-19(31-2)23-6-5-22-18/h5-6,8-10,13H,3-4,7H2,1-2H3,(H2,24,25,26,27,28). The summed E-state index contributed by atoms with van der Waals surface area (Å²) in [6.07, 6.45) is 4.97. The molecule has 4 aromatic heterocycles. The number of aromatic nitrogens is 7. The van der Waals surface area contributed by atoms with Crippen LogP contribution in [0.25, 0.3) is 11.4 Å². The van der Waals surface area contributed by atoms with Gasteiger partial charge in [-0.1, -0.05) is 16.8 Å². The van der Waals surface area contributed by atoms with Crippen LogP contribution in [-0.4, -0.2) is 48.9 Å². The number of methoxy groups -OCH3 is 1. The topological polar surface area (TPSA) is 131 Å². The molecule has 164 valence electrons. The van der Waals surface area contributed by atoms with E-state index in [1.54, 1.807) is 25.6 Å². The van der Waals surface area contributed by atoms with Gasteiger partial charge in [-0.25, -0.2) is 15.0 Å². The highest BCUT2D eigenvalue weighted by Gasteiger charge is 2.32. The lowest BCUT2D eigenvalue weighted by atomic mass is 10.1. The van der Waals surface area contributed by atoms with E-state index < -0.39 is 0 Å². The molecule has 0 aromatic carbocycles. The van der Waals surface area contributed by atoms with Gasteiger partial charge in [-0.2, -0.15) is 10.1 Å². The quantitative estimate of drug-likeness (QED) is 0.416. The van der Waals surface area contributed by atoms with Crippen molar-refractivity contribution in [1.29, 1.82) is 0 Å². The van der Waals surface area contributed by atoms with Crippen LogP contribution >= 0.6 is 11.6 Å². The Balaban J connectivity index is 1.42. The zero-order valence-electron chi connectivity index (χ0n) is 17.4. The summed E-state index contributed by atoms with van der Waals surface area (Å²) in [5.74, 6) is 2.79. The predicted molar refractivity (Wildman–Crippen MR) is 117 cm³/mol. The summed E-state index contributed by atoms with van der Waals surface area (Å²) in [6, 6.07) is 5.31. The average Bonchev–Trinajstić information content (AvgIpc) is 3.54. The van der Waals surface area contributed by atoms with E-state index in [1.807, 2.05) is 19.1 Å². The molecule has 1 unspecified atom stereocenters. The summed E-state index contributed by atoms with van der Waals surface area (Å²) in [4.78, 5) is 19.6. The average molecular weight is 454 g/mol. The van der Waals surface area contributed by atoms with Crippen molar-refractivity contribution < 1.29 is 9.26 Å². The summed E-state index contributed by atoms with van der Waals surface area (Å²) >= 11 is 6.30. The number of hydrogen-bond donors (Lipinski definition) is 2. The van der Waals surface area contributed by atoms with Gasteiger partial charge in [0.1, 0.15) is 16.7 Å². The lowest BCUT2D eigenvalue weighted by Gasteiger charge is -2.23. The van der Waals surface area contributed by atoms with Gasteiger partial charge < -0.3 is 19.5 Å². The largest absolute Gasteiger partial charge is 0.479 e. The Hall–Kier alpha value is -3.73. The third-order valence-electron chi connectivity index (χ3n) is 5.11. The molecule has 5 heterocycles. The Morgan fingerprint density at radius 1 is 1.19 bits per heavy atom. The SMILES string of the molecule is COc1nccnc1-c1cc(C2CCCN2c2nc(Cl)cc(Nc3cc(C)[nH]n3)n2)on1. The molecule has 12 heteroatoms. The summed E-state index contributed by atoms with van der Waals surface area (Å²) < 4.78 is 11.0. The number of nitrogens with zero attached hydrogens (tertiary/aromatic N) is 7. The Bertz CT molecular complexity index is 1240. The molecular weight excluding hydrogens is 434 g/mol. The molecule has 0 aliphatic carbocycles. The van der Waals surface area contributed by atoms with Gasteiger partial charge in [0, 0.05) is 42.8 Å². The summed E-state index contributed by atoms with van der Waals surface area (Å²) in [5, 5.41) is 14.7. The number of aryl methyl sites for hydroxylation is 1. The Morgan fingerprint density at radius 2 is 2.06 bits per heavy atom. The van der Waals surface area contributed by atoms with E-state index >= 15 is 0 Å². The maximum Gasteiger partial charge on any atom is 0.242 e. The number of anilines is 3. The Kier molecular flexibility index (Phi) is 5.31. The number of hydrogen-bond acceptors (Lipinski definition) is 10. The van der Waals surface area contributed by atoms with E-state index in [4.69, 9.17) is 20.9 Å². The molecule has 1 aliphatic heterocycles. The van der Waals surface area contributed by atoms with Crippen molar-refractivity contribution in [2.75, 3.05) is 23.9 Å². The van der Waals surface area contributed by atoms with Crippen molar-refractivity contribution in [3.8, 4) is 17.3 Å². The fourth-order valence-corrected chi connectivity index (χ4v) is 3.90. The third kappa shape index (κ3) is 3.94. The third-order valence-corrected chi connectivity index (χ3v) is 5.31. The van der Waals surface area contributed by atoms with Crippen LogP contribution in [0.1, 0.15) is 30.3 Å². The van der Waals surface area contributed by atoms with Crippen molar-refractivity contribution in [3.05, 3.63) is 47.2 Å². The lowest BCUT2D eigenvalue weighted by Crippen LogP contribution is -2.24. The van der Waals surface area contributed by atoms with Gasteiger partial charge in [0.15, 0.2) is 17.3 Å². The van der Waals surface area contributed by atoms with Crippen molar-refractivity contribution in [2.24, 2.45) is 0 Å². The van der Waals surface area contributed by atoms with Crippen LogP contribution in [0.3, 0.4) is 0 Å². The molecule has 1 aliphatic rings. The van der Waals surface area contributed by atoms with Crippen molar-refractivity contribution >= 4 is 29.2 Å². The number of H-pyrrole nitrogens is 1. The smallest absolute Gasteiger partial charge is 0.242 e. The van der Waals surface area contributed by atoms with Gasteiger partial charge in [0.25, 0.3) is 0 Å². The minimum Gasteiger partial charge on any atom is -0.479 e. The van der Waals surface area contributed by atoms with Gasteiger partial charge in [0.05, 0.1) is 13.2 Å². The van der Waals surface area contributed by atoms with Crippen LogP contribution in [0, 0.1) is 6.92 Å². The van der Waals surface area contributed by atoms with Gasteiger partial charge in [-0.05, 0) is 19.8 Å². The van der Waals surface area contributed by atoms with Crippen molar-refractivity contribution in [3.63, 3.8) is 0 Å². The van der Waals surface area contributed by atoms with Crippen LogP contribution in [0.2, 0.25) is 5.15 Å². The zero-order valence-corrected chi connectivity index (χ0v) is 18.2. The maximum atomic E-state index is 6.30. The molecule has 4 aromatic rings. The molecule has 1 fully saturated rings. The second-order valence-electron chi connectivity index (χ2n) is 7.32. The van der Waals surface area contributed by atoms with E-state index in [0.29, 0.717) is 45.8 Å². The molecule has 11 nitrogen and oxygen atoms in total. The molecule has 1 saturated heterocycles. The molecule has 0 spiro atoms. The van der Waals surface area contributed by atoms with E-state index in [0.717, 1.165) is 25.1 Å². The summed E-state index contributed by atoms with van der Waals surface area (Å²) in [6.45, 7) is 2.68. The molecule has 32 heavy (non-hydrogen) atoms. The second kappa shape index (κ2) is 8.42. The molecule has 5 rings (SSSR count). The highest BCUT2D eigenvalue weighted by Crippen LogP contribution is 2.37. The monoisotopic (exact) mass is 453 g/mol. The van der Waals surface area contributed by atoms with Crippen LogP contribution in [0.4, 0.5) is 17.6 Å². The number of ether oxygens (including phenoxy) is 1. The lowest BCUT2D eigenvalue weighted by molar-refractivity contribution is 0.361. The molecule has 0 radical (unpaired) electrons. The number of nitrogens with one attached hydrogen (secondary N) is 2. The van der Waals surface area contributed by atoms with E-state index in [-0.39, 0.29) is 6.04 Å². The fourth-order valence-electron chi connectivity index (χ4n) is 3.72. The van der Waals surface area contributed by atoms with Crippen LogP contribution in [0.5, 0.6) is 5.88 Å². The molecular formula is C20H20ClN9O2. The van der Waals surface area contributed by atoms with E-state index in [1.165, 1.54) is 0 Å². The van der Waals surface area contributed by atoms with Crippen LogP contribution < -0.4 is 15.0 Å². The second-order valence-corrected chi connectivity index (χ2v) is 7.70. The molecule has 0 bridgehead atoms. The molecule has 1 atom stereocenters. The van der Waals surface area contributed by atoms with Gasteiger partial charge in [-0.3, -0.25) is 5.10 Å². The number of halogens is 1. The highest BCUT2D eigenvalue weighted by atomic mass is 35.5. The van der Waals surface area contributed by atoms with Crippen molar-refractivity contribution in [1.82, 2.24) is 35.3 Å². The first-order valence-electron chi connectivity index (χ1n) is 10.0. The normalized spacial score (nSPS) is 15.8. The summed E-state index contributed by atoms with van der Waals surface area (Å²) in [5.41, 5.74) is 2.02. The van der Waals surface area contributed by atoms with Gasteiger partial charge in [-0.15, -0.1) is 0 Å². The van der Waals surface area contributed by atoms with E-state index in [9.17, 15) is 0 Å². The minimum atomic E-state index is -0.0853. The molecule has 0 saturated carbocycles. The van der Waals surface area contributed by atoms with Crippen LogP contribution in [-0.2, 0) is 0 Å². The predicted octanol–water partition coefficient (Wildman–Crippen LogP) is 3.70. The number of rotatable bonds is 6. The molecule has 0 amide bonds. The summed E-state index contributed by atoms with van der Waals surface area (Å²) in [7, 11) is 1.54. The number of aromatic amines is 1. The first-order valence-corrected chi connectivity index (χ1v) is 10.4. The minimum absolute atomic E-state index is 0.0853. The Labute approximate surface area is 188 Å². The van der Waals surface area contributed by atoms with Crippen molar-refractivity contribution in [2.45, 2.75) is 25.8 Å². The highest BCUT2D eigenvalue weighted by molar-refractivity contribution is 6.29. The first kappa shape index (κ1) is 20.2. The molecule has 2 N–H and O–H groups in total. The van der Waals surface area contributed by atoms with Gasteiger partial charge >= 0.3 is 0 Å². The first-order chi connectivity index (χ1) is 15.6. The van der Waals surface area contributed by atoms with Crippen LogP contribution in [0.15, 0.2) is 35.1 Å². The van der Waals surface area contributed by atoms with Gasteiger partial charge in [0.2, 0.25) is 11.8 Å². The van der Waals surface area contributed by atoms with E-state index in [2.05, 4.69) is 45.5 Å².